The number of hydrogen-bond acceptors (Lipinski definition) is 3. The molecule has 0 amide bonds. The van der Waals surface area contributed by atoms with Gasteiger partial charge in [-0.2, -0.15) is 0 Å². The summed E-state index contributed by atoms with van der Waals surface area (Å²) in [6.45, 7) is 0. The lowest BCUT2D eigenvalue weighted by atomic mass is 10.1. The minimum atomic E-state index is -0.584. The summed E-state index contributed by atoms with van der Waals surface area (Å²) in [4.78, 5) is 21.9. The van der Waals surface area contributed by atoms with Gasteiger partial charge in [-0.25, -0.2) is 9.59 Å². The molecule has 2 rings (SSSR count). The number of cyclic esters (lactones) is 2. The topological polar surface area (TPSA) is 43.4 Å². The number of esters is 2. The molecule has 1 aliphatic carbocycles. The largest absolute Gasteiger partial charge is 0.386 e. The number of carbonyl (C=O) groups is 2. The van der Waals surface area contributed by atoms with Gasteiger partial charge in [0.25, 0.3) is 0 Å². The van der Waals surface area contributed by atoms with E-state index in [1.165, 1.54) is 12.2 Å². The zero-order chi connectivity index (χ0) is 8.55. The van der Waals surface area contributed by atoms with Crippen molar-refractivity contribution in [2.24, 2.45) is 0 Å². The SMILES string of the molecule is O=C1OC(=O)C2=CC=C=CC=C12. The standard InChI is InChI=1S/C9H4O3/c10-8-6-4-2-1-3-5-7(6)9(11)12-8/h2-5H. The first kappa shape index (κ1) is 6.83. The van der Waals surface area contributed by atoms with Crippen molar-refractivity contribution in [3.63, 3.8) is 0 Å². The van der Waals surface area contributed by atoms with Gasteiger partial charge in [0.05, 0.1) is 11.1 Å². The lowest BCUT2D eigenvalue weighted by Gasteiger charge is -1.85. The minimum absolute atomic E-state index is 0.307. The fourth-order valence-corrected chi connectivity index (χ4v) is 1.05. The van der Waals surface area contributed by atoms with E-state index in [2.05, 4.69) is 10.5 Å². The molecule has 0 aromatic heterocycles. The third-order valence-electron chi connectivity index (χ3n) is 1.61. The van der Waals surface area contributed by atoms with E-state index in [1.807, 2.05) is 0 Å². The third-order valence-corrected chi connectivity index (χ3v) is 1.61. The van der Waals surface area contributed by atoms with Gasteiger partial charge in [-0.1, -0.05) is 0 Å². The van der Waals surface area contributed by atoms with Crippen LogP contribution in [-0.2, 0) is 14.3 Å². The molecule has 58 valence electrons. The lowest BCUT2D eigenvalue weighted by Crippen LogP contribution is -1.97. The van der Waals surface area contributed by atoms with Gasteiger partial charge in [0.1, 0.15) is 0 Å². The maximum Gasteiger partial charge on any atom is 0.346 e. The average Bonchev–Trinajstić information content (AvgIpc) is 2.29. The van der Waals surface area contributed by atoms with E-state index in [0.717, 1.165) is 0 Å². The first-order chi connectivity index (χ1) is 5.79. The Labute approximate surface area is 68.3 Å². The molecular weight excluding hydrogens is 156 g/mol. The molecule has 0 atom stereocenters. The van der Waals surface area contributed by atoms with Crippen LogP contribution in [0.15, 0.2) is 41.2 Å². The van der Waals surface area contributed by atoms with Crippen molar-refractivity contribution >= 4 is 11.9 Å². The van der Waals surface area contributed by atoms with Gasteiger partial charge in [0, 0.05) is 0 Å². The highest BCUT2D eigenvalue weighted by Gasteiger charge is 2.32. The predicted molar refractivity (Wildman–Crippen MR) is 39.9 cm³/mol. The van der Waals surface area contributed by atoms with Crippen molar-refractivity contribution < 1.29 is 14.3 Å². The summed E-state index contributed by atoms with van der Waals surface area (Å²) in [6.07, 6.45) is 6.17. The smallest absolute Gasteiger partial charge is 0.346 e. The molecule has 1 fully saturated rings. The van der Waals surface area contributed by atoms with E-state index in [0.29, 0.717) is 11.1 Å². The molecule has 0 spiro atoms. The van der Waals surface area contributed by atoms with Gasteiger partial charge in [0.15, 0.2) is 0 Å². The molecule has 3 heteroatoms. The van der Waals surface area contributed by atoms with Gasteiger partial charge in [-0.3, -0.25) is 0 Å². The minimum Gasteiger partial charge on any atom is -0.386 e. The summed E-state index contributed by atoms with van der Waals surface area (Å²) in [6, 6.07) is 0. The summed E-state index contributed by atoms with van der Waals surface area (Å²) in [5, 5.41) is 0. The van der Waals surface area contributed by atoms with Crippen LogP contribution in [0.5, 0.6) is 0 Å². The van der Waals surface area contributed by atoms with Crippen LogP contribution in [0.3, 0.4) is 0 Å². The van der Waals surface area contributed by atoms with E-state index in [-0.39, 0.29) is 0 Å². The Bertz CT molecular complexity index is 356. The molecule has 0 N–H and O–H groups in total. The van der Waals surface area contributed by atoms with E-state index < -0.39 is 11.9 Å². The molecule has 0 radical (unpaired) electrons. The van der Waals surface area contributed by atoms with Crippen LogP contribution in [0.2, 0.25) is 0 Å². The predicted octanol–water partition coefficient (Wildman–Crippen LogP) is 0.647. The normalized spacial score (nSPS) is 19.7. The first-order valence-corrected chi connectivity index (χ1v) is 3.39. The Hall–Kier alpha value is -1.86. The summed E-state index contributed by atoms with van der Waals surface area (Å²) in [7, 11) is 0. The second kappa shape index (κ2) is 2.32. The van der Waals surface area contributed by atoms with Crippen molar-refractivity contribution in [2.45, 2.75) is 0 Å². The summed E-state index contributed by atoms with van der Waals surface area (Å²) in [5.74, 6) is -1.17. The molecule has 2 aliphatic rings. The highest BCUT2D eigenvalue weighted by atomic mass is 16.6. The zero-order valence-corrected chi connectivity index (χ0v) is 6.03. The van der Waals surface area contributed by atoms with Crippen LogP contribution >= 0.6 is 0 Å². The Morgan fingerprint density at radius 2 is 1.50 bits per heavy atom. The number of carbonyl (C=O) groups excluding carboxylic acids is 2. The molecule has 0 aromatic rings. The third kappa shape index (κ3) is 0.847. The molecule has 3 nitrogen and oxygen atoms in total. The quantitative estimate of drug-likeness (QED) is 0.297. The number of fused-ring (bicyclic) bond motifs is 1. The maximum atomic E-state index is 11.0. The van der Waals surface area contributed by atoms with Crippen LogP contribution < -0.4 is 0 Å². The molecule has 1 saturated heterocycles. The van der Waals surface area contributed by atoms with E-state index >= 15 is 0 Å². The van der Waals surface area contributed by atoms with Gasteiger partial charge in [-0.15, -0.1) is 5.73 Å². The van der Waals surface area contributed by atoms with Crippen LogP contribution in [-0.4, -0.2) is 11.9 Å². The van der Waals surface area contributed by atoms with E-state index in [4.69, 9.17) is 0 Å². The fraction of sp³-hybridized carbons (Fsp3) is 0. The molecule has 0 saturated carbocycles. The summed E-state index contributed by atoms with van der Waals surface area (Å²) < 4.78 is 4.38. The summed E-state index contributed by atoms with van der Waals surface area (Å²) in [5.41, 5.74) is 3.37. The van der Waals surface area contributed by atoms with Crippen molar-refractivity contribution in [3.05, 3.63) is 41.2 Å². The van der Waals surface area contributed by atoms with Crippen molar-refractivity contribution in [3.8, 4) is 0 Å². The molecule has 0 aromatic carbocycles. The monoisotopic (exact) mass is 160 g/mol. The van der Waals surface area contributed by atoms with Crippen molar-refractivity contribution in [1.82, 2.24) is 0 Å². The number of hydrogen-bond donors (Lipinski definition) is 0. The Morgan fingerprint density at radius 1 is 1.00 bits per heavy atom. The molecular formula is C9H4O3. The van der Waals surface area contributed by atoms with Gasteiger partial charge in [0.2, 0.25) is 0 Å². The fourth-order valence-electron chi connectivity index (χ4n) is 1.05. The Morgan fingerprint density at radius 3 is 2.00 bits per heavy atom. The van der Waals surface area contributed by atoms with Gasteiger partial charge in [-0.05, 0) is 24.3 Å². The Kier molecular flexibility index (Phi) is 1.32. The van der Waals surface area contributed by atoms with Gasteiger partial charge >= 0.3 is 11.9 Å². The van der Waals surface area contributed by atoms with E-state index in [9.17, 15) is 9.59 Å². The first-order valence-electron chi connectivity index (χ1n) is 3.39. The maximum absolute atomic E-state index is 11.0. The van der Waals surface area contributed by atoms with Crippen LogP contribution in [0.4, 0.5) is 0 Å². The van der Waals surface area contributed by atoms with E-state index in [1.54, 1.807) is 12.2 Å². The van der Waals surface area contributed by atoms with Crippen molar-refractivity contribution in [1.29, 1.82) is 0 Å². The number of rotatable bonds is 0. The average molecular weight is 160 g/mol. The zero-order valence-electron chi connectivity index (χ0n) is 6.03. The molecule has 1 heterocycles. The highest BCUT2D eigenvalue weighted by Crippen LogP contribution is 2.22. The number of ether oxygens (including phenoxy) is 1. The molecule has 12 heavy (non-hydrogen) atoms. The van der Waals surface area contributed by atoms with Crippen LogP contribution in [0.1, 0.15) is 0 Å². The van der Waals surface area contributed by atoms with Crippen LogP contribution in [0, 0.1) is 0 Å². The van der Waals surface area contributed by atoms with Crippen molar-refractivity contribution in [2.75, 3.05) is 0 Å². The summed E-state index contributed by atoms with van der Waals surface area (Å²) >= 11 is 0. The second-order valence-electron chi connectivity index (χ2n) is 2.34. The highest BCUT2D eigenvalue weighted by molar-refractivity contribution is 6.18. The molecule has 1 aliphatic heterocycles. The number of allylic oxidation sites excluding steroid dienone is 3. The van der Waals surface area contributed by atoms with Crippen LogP contribution in [0.25, 0.3) is 0 Å². The molecule has 0 bridgehead atoms. The Balaban J connectivity index is 2.59. The van der Waals surface area contributed by atoms with Gasteiger partial charge < -0.3 is 4.74 Å². The second-order valence-corrected chi connectivity index (χ2v) is 2.34. The molecule has 0 unspecified atom stereocenters. The lowest BCUT2D eigenvalue weighted by molar-refractivity contribution is -0.149.